The number of amides is 1. The molecule has 162 valence electrons. The van der Waals surface area contributed by atoms with Gasteiger partial charge in [-0.3, -0.25) is 4.79 Å². The van der Waals surface area contributed by atoms with Crippen molar-refractivity contribution < 1.29 is 22.7 Å². The normalized spacial score (nSPS) is 15.1. The van der Waals surface area contributed by atoms with E-state index in [0.29, 0.717) is 49.9 Å². The van der Waals surface area contributed by atoms with E-state index in [2.05, 4.69) is 21.2 Å². The number of carbonyl (C=O) groups excluding carboxylic acids is 1. The van der Waals surface area contributed by atoms with Crippen molar-refractivity contribution in [3.05, 3.63) is 52.5 Å². The third-order valence-corrected chi connectivity index (χ3v) is 7.94. The average Bonchev–Trinajstić information content (AvgIpc) is 2.76. The molecule has 0 aromatic heterocycles. The Bertz CT molecular complexity index is 977. The zero-order valence-electron chi connectivity index (χ0n) is 16.5. The number of hydrogen-bond acceptors (Lipinski definition) is 6. The maximum atomic E-state index is 13.0. The van der Waals surface area contributed by atoms with Crippen molar-refractivity contribution in [2.24, 2.45) is 0 Å². The molecule has 1 N–H and O–H groups in total. The van der Waals surface area contributed by atoms with Crippen molar-refractivity contribution in [3.63, 3.8) is 0 Å². The molecular formula is C20H23BrN2O5S2. The van der Waals surface area contributed by atoms with Gasteiger partial charge >= 0.3 is 0 Å². The Labute approximate surface area is 189 Å². The number of nitrogens with one attached hydrogen (secondary N) is 1. The van der Waals surface area contributed by atoms with Crippen molar-refractivity contribution in [1.29, 1.82) is 0 Å². The fourth-order valence-electron chi connectivity index (χ4n) is 2.86. The number of methoxy groups -OCH3 is 1. The molecule has 0 unspecified atom stereocenters. The summed E-state index contributed by atoms with van der Waals surface area (Å²) < 4.78 is 38.7. The number of ether oxygens (including phenoxy) is 2. The van der Waals surface area contributed by atoms with E-state index in [1.807, 2.05) is 24.3 Å². The molecular weight excluding hydrogens is 492 g/mol. The molecule has 0 radical (unpaired) electrons. The summed E-state index contributed by atoms with van der Waals surface area (Å²) in [6.07, 6.45) is 0. The molecule has 10 heteroatoms. The lowest BCUT2D eigenvalue weighted by atomic mass is 10.2. The molecule has 1 saturated heterocycles. The Morgan fingerprint density at radius 3 is 2.57 bits per heavy atom. The van der Waals surface area contributed by atoms with Gasteiger partial charge in [0.2, 0.25) is 10.0 Å². The Kier molecular flexibility index (Phi) is 8.32. The van der Waals surface area contributed by atoms with E-state index in [1.165, 1.54) is 22.1 Å². The number of rotatable bonds is 8. The van der Waals surface area contributed by atoms with Gasteiger partial charge in [0.25, 0.3) is 5.91 Å². The smallest absolute Gasteiger partial charge is 0.252 e. The van der Waals surface area contributed by atoms with Crippen LogP contribution in [0.15, 0.2) is 61.6 Å². The van der Waals surface area contributed by atoms with Gasteiger partial charge in [-0.1, -0.05) is 27.7 Å². The molecule has 3 rings (SSSR count). The van der Waals surface area contributed by atoms with Gasteiger partial charge in [-0.25, -0.2) is 8.42 Å². The number of benzene rings is 2. The fourth-order valence-corrected chi connectivity index (χ4v) is 5.49. The molecule has 2 aromatic rings. The number of hydrogen-bond donors (Lipinski definition) is 1. The van der Waals surface area contributed by atoms with Crippen LogP contribution < -0.4 is 5.32 Å². The second kappa shape index (κ2) is 10.7. The predicted molar refractivity (Wildman–Crippen MR) is 118 cm³/mol. The highest BCUT2D eigenvalue weighted by molar-refractivity contribution is 9.10. The third-order valence-electron chi connectivity index (χ3n) is 4.44. The maximum absolute atomic E-state index is 13.0. The van der Waals surface area contributed by atoms with Crippen molar-refractivity contribution in [2.75, 3.05) is 46.6 Å². The molecule has 1 fully saturated rings. The zero-order chi connectivity index (χ0) is 21.6. The largest absolute Gasteiger partial charge is 0.383 e. The van der Waals surface area contributed by atoms with Gasteiger partial charge in [0, 0.05) is 41.0 Å². The van der Waals surface area contributed by atoms with Gasteiger partial charge in [0.05, 0.1) is 30.3 Å². The molecule has 1 heterocycles. The van der Waals surface area contributed by atoms with Crippen LogP contribution in [0.3, 0.4) is 0 Å². The van der Waals surface area contributed by atoms with Gasteiger partial charge in [0.1, 0.15) is 0 Å². The van der Waals surface area contributed by atoms with Crippen LogP contribution in [-0.2, 0) is 19.5 Å². The van der Waals surface area contributed by atoms with Crippen LogP contribution in [0, 0.1) is 0 Å². The molecule has 0 atom stereocenters. The minimum absolute atomic E-state index is 0.0986. The Morgan fingerprint density at radius 1 is 1.20 bits per heavy atom. The molecule has 7 nitrogen and oxygen atoms in total. The maximum Gasteiger partial charge on any atom is 0.252 e. The second-order valence-electron chi connectivity index (χ2n) is 6.48. The number of halogens is 1. The third kappa shape index (κ3) is 5.83. The minimum Gasteiger partial charge on any atom is -0.383 e. The highest BCUT2D eigenvalue weighted by atomic mass is 79.9. The first-order valence-corrected chi connectivity index (χ1v) is 12.4. The van der Waals surface area contributed by atoms with E-state index in [0.717, 1.165) is 9.37 Å². The van der Waals surface area contributed by atoms with E-state index in [1.54, 1.807) is 19.2 Å². The van der Waals surface area contributed by atoms with Crippen molar-refractivity contribution >= 4 is 43.6 Å². The van der Waals surface area contributed by atoms with Crippen LogP contribution in [0.25, 0.3) is 0 Å². The summed E-state index contributed by atoms with van der Waals surface area (Å²) in [5, 5.41) is 2.78. The van der Waals surface area contributed by atoms with Crippen molar-refractivity contribution in [1.82, 2.24) is 9.62 Å². The summed E-state index contributed by atoms with van der Waals surface area (Å²) in [4.78, 5) is 14.5. The monoisotopic (exact) mass is 514 g/mol. The van der Waals surface area contributed by atoms with Gasteiger partial charge in [-0.05, 0) is 42.5 Å². The highest BCUT2D eigenvalue weighted by Gasteiger charge is 2.28. The van der Waals surface area contributed by atoms with Gasteiger partial charge < -0.3 is 14.8 Å². The standard InChI is InChI=1S/C20H23BrN2O5S2/c1-27-11-8-22-20(24)18-14-17(30(25,26)23-9-12-28-13-10-23)6-7-19(18)29-16-4-2-15(21)3-5-16/h2-7,14H,8-13H2,1H3,(H,22,24). The van der Waals surface area contributed by atoms with Crippen LogP contribution in [0.4, 0.5) is 0 Å². The topological polar surface area (TPSA) is 84.9 Å². The highest BCUT2D eigenvalue weighted by Crippen LogP contribution is 2.33. The van der Waals surface area contributed by atoms with E-state index in [-0.39, 0.29) is 10.8 Å². The predicted octanol–water partition coefficient (Wildman–Crippen LogP) is 3.00. The number of sulfonamides is 1. The van der Waals surface area contributed by atoms with Crippen LogP contribution in [0.2, 0.25) is 0 Å². The Morgan fingerprint density at radius 2 is 1.90 bits per heavy atom. The molecule has 0 spiro atoms. The molecule has 0 bridgehead atoms. The summed E-state index contributed by atoms with van der Waals surface area (Å²) in [5.74, 6) is -0.342. The molecule has 1 aliphatic heterocycles. The lowest BCUT2D eigenvalue weighted by Crippen LogP contribution is -2.40. The van der Waals surface area contributed by atoms with Crippen LogP contribution in [0.1, 0.15) is 10.4 Å². The summed E-state index contributed by atoms with van der Waals surface area (Å²) in [6.45, 7) is 2.02. The number of morpholine rings is 1. The summed E-state index contributed by atoms with van der Waals surface area (Å²) >= 11 is 4.81. The van der Waals surface area contributed by atoms with E-state index >= 15 is 0 Å². The van der Waals surface area contributed by atoms with Gasteiger partial charge in [0.15, 0.2) is 0 Å². The van der Waals surface area contributed by atoms with Crippen molar-refractivity contribution in [2.45, 2.75) is 14.7 Å². The molecule has 1 amide bonds. The number of nitrogens with zero attached hydrogens (tertiary/aromatic N) is 1. The van der Waals surface area contributed by atoms with Crippen molar-refractivity contribution in [3.8, 4) is 0 Å². The molecule has 2 aromatic carbocycles. The quantitative estimate of drug-likeness (QED) is 0.545. The Hall–Kier alpha value is -1.43. The fraction of sp³-hybridized carbons (Fsp3) is 0.350. The molecule has 30 heavy (non-hydrogen) atoms. The lowest BCUT2D eigenvalue weighted by Gasteiger charge is -2.26. The first kappa shape index (κ1) is 23.2. The van der Waals surface area contributed by atoms with Gasteiger partial charge in [-0.2, -0.15) is 4.31 Å². The summed E-state index contributed by atoms with van der Waals surface area (Å²) in [6, 6.07) is 12.4. The number of carbonyl (C=O) groups is 1. The van der Waals surface area contributed by atoms with Crippen LogP contribution in [0.5, 0.6) is 0 Å². The average molecular weight is 515 g/mol. The van der Waals surface area contributed by atoms with E-state index < -0.39 is 10.0 Å². The van der Waals surface area contributed by atoms with E-state index in [4.69, 9.17) is 9.47 Å². The first-order valence-electron chi connectivity index (χ1n) is 9.34. The molecule has 0 saturated carbocycles. The van der Waals surface area contributed by atoms with E-state index in [9.17, 15) is 13.2 Å². The SMILES string of the molecule is COCCNC(=O)c1cc(S(=O)(=O)N2CCOCC2)ccc1Sc1ccc(Br)cc1. The Balaban J connectivity index is 1.93. The first-order chi connectivity index (χ1) is 14.4. The summed E-state index contributed by atoms with van der Waals surface area (Å²) in [5.41, 5.74) is 0.313. The second-order valence-corrected chi connectivity index (χ2v) is 10.4. The molecule has 0 aliphatic carbocycles. The zero-order valence-corrected chi connectivity index (χ0v) is 19.7. The van der Waals surface area contributed by atoms with Crippen LogP contribution >= 0.6 is 27.7 Å². The van der Waals surface area contributed by atoms with Gasteiger partial charge in [-0.15, -0.1) is 0 Å². The molecule has 1 aliphatic rings. The van der Waals surface area contributed by atoms with Crippen LogP contribution in [-0.4, -0.2) is 65.2 Å². The minimum atomic E-state index is -3.71. The lowest BCUT2D eigenvalue weighted by molar-refractivity contribution is 0.0730. The summed E-state index contributed by atoms with van der Waals surface area (Å²) in [7, 11) is -2.15.